The van der Waals surface area contributed by atoms with Crippen molar-refractivity contribution in [3.05, 3.63) is 47.0 Å². The van der Waals surface area contributed by atoms with Gasteiger partial charge in [0.05, 0.1) is 13.0 Å². The van der Waals surface area contributed by atoms with Gasteiger partial charge in [0.2, 0.25) is 0 Å². The van der Waals surface area contributed by atoms with Gasteiger partial charge in [-0.25, -0.2) is 4.98 Å². The SMILES string of the molecule is C/C(=C\Cn1cnc2c1C(=O)N(C)CN2C)CC/C=C(\C)CCC/C(C)=C/C(=O)CC(C)C. The molecule has 0 aliphatic carbocycles. The number of nitrogens with zero attached hydrogens (tertiary/aromatic N) is 4. The highest BCUT2D eigenvalue weighted by atomic mass is 16.2. The van der Waals surface area contributed by atoms with Gasteiger partial charge in [0.25, 0.3) is 5.91 Å². The highest BCUT2D eigenvalue weighted by molar-refractivity contribution is 5.99. The summed E-state index contributed by atoms with van der Waals surface area (Å²) in [5.74, 6) is 1.45. The molecule has 1 amide bonds. The fraction of sp³-hybridized carbons (Fsp3) is 0.593. The van der Waals surface area contributed by atoms with Gasteiger partial charge in [-0.05, 0) is 64.9 Å². The molecule has 1 aliphatic heterocycles. The van der Waals surface area contributed by atoms with Crippen molar-refractivity contribution in [3.8, 4) is 0 Å². The monoisotopic (exact) mass is 454 g/mol. The third-order valence-electron chi connectivity index (χ3n) is 5.98. The Kier molecular flexibility index (Phi) is 10.1. The number of carbonyl (C=O) groups is 2. The molecule has 1 aromatic rings. The average molecular weight is 455 g/mol. The second-order valence-corrected chi connectivity index (χ2v) is 9.96. The molecule has 6 nitrogen and oxygen atoms in total. The quantitative estimate of drug-likeness (QED) is 0.297. The van der Waals surface area contributed by atoms with Gasteiger partial charge >= 0.3 is 0 Å². The minimum absolute atomic E-state index is 0.0274. The Morgan fingerprint density at radius 3 is 2.39 bits per heavy atom. The smallest absolute Gasteiger partial charge is 0.275 e. The van der Waals surface area contributed by atoms with E-state index in [1.165, 1.54) is 16.7 Å². The van der Waals surface area contributed by atoms with E-state index in [4.69, 9.17) is 0 Å². The second-order valence-electron chi connectivity index (χ2n) is 9.96. The second kappa shape index (κ2) is 12.6. The molecular formula is C27H42N4O2. The van der Waals surface area contributed by atoms with E-state index in [2.05, 4.69) is 51.8 Å². The van der Waals surface area contributed by atoms with Crippen LogP contribution in [0.5, 0.6) is 0 Å². The van der Waals surface area contributed by atoms with Crippen LogP contribution in [0.1, 0.15) is 83.6 Å². The highest BCUT2D eigenvalue weighted by Gasteiger charge is 2.29. The zero-order valence-electron chi connectivity index (χ0n) is 21.6. The summed E-state index contributed by atoms with van der Waals surface area (Å²) < 4.78 is 1.94. The van der Waals surface area contributed by atoms with Gasteiger partial charge in [-0.15, -0.1) is 0 Å². The van der Waals surface area contributed by atoms with Crippen molar-refractivity contribution >= 4 is 17.5 Å². The normalized spacial score (nSPS) is 15.5. The maximum absolute atomic E-state index is 12.5. The Labute approximate surface area is 200 Å². The zero-order chi connectivity index (χ0) is 24.5. The van der Waals surface area contributed by atoms with Gasteiger partial charge in [-0.3, -0.25) is 9.59 Å². The number of anilines is 1. The summed E-state index contributed by atoms with van der Waals surface area (Å²) in [7, 11) is 3.78. The molecule has 0 aromatic carbocycles. The minimum atomic E-state index is 0.0274. The molecule has 1 aliphatic rings. The van der Waals surface area contributed by atoms with Gasteiger partial charge in [0.1, 0.15) is 0 Å². The molecule has 0 saturated heterocycles. The van der Waals surface area contributed by atoms with Crippen molar-refractivity contribution in [1.29, 1.82) is 0 Å². The standard InChI is InChI=1S/C27H42N4O2/c1-20(2)16-24(32)17-23(5)13-9-11-21(3)10-8-12-22(4)14-15-31-18-28-26-25(31)27(33)30(7)19-29(26)6/h10,14,17-18,20H,8-9,11-13,15-16,19H2,1-7H3/b21-10+,22-14+,23-17+. The van der Waals surface area contributed by atoms with Crippen molar-refractivity contribution in [2.24, 2.45) is 5.92 Å². The summed E-state index contributed by atoms with van der Waals surface area (Å²) >= 11 is 0. The molecule has 0 radical (unpaired) electrons. The molecule has 0 fully saturated rings. The molecule has 2 heterocycles. The highest BCUT2D eigenvalue weighted by Crippen LogP contribution is 2.24. The number of fused-ring (bicyclic) bond motifs is 1. The lowest BCUT2D eigenvalue weighted by Gasteiger charge is -2.30. The molecule has 182 valence electrons. The predicted octanol–water partition coefficient (Wildman–Crippen LogP) is 5.77. The number of hydrogen-bond acceptors (Lipinski definition) is 4. The molecule has 1 aromatic heterocycles. The predicted molar refractivity (Wildman–Crippen MR) is 136 cm³/mol. The fourth-order valence-corrected chi connectivity index (χ4v) is 4.10. The topological polar surface area (TPSA) is 58.4 Å². The Balaban J connectivity index is 1.77. The molecule has 0 unspecified atom stereocenters. The molecule has 0 N–H and O–H groups in total. The van der Waals surface area contributed by atoms with E-state index in [9.17, 15) is 9.59 Å². The van der Waals surface area contributed by atoms with Crippen LogP contribution in [0.25, 0.3) is 0 Å². The van der Waals surface area contributed by atoms with Crippen LogP contribution in [0.3, 0.4) is 0 Å². The minimum Gasteiger partial charge on any atom is -0.340 e. The van der Waals surface area contributed by atoms with E-state index in [1.54, 1.807) is 11.2 Å². The maximum atomic E-state index is 12.5. The first kappa shape index (κ1) is 26.6. The van der Waals surface area contributed by atoms with Gasteiger partial charge < -0.3 is 14.4 Å². The van der Waals surface area contributed by atoms with Crippen LogP contribution in [0.15, 0.2) is 41.3 Å². The van der Waals surface area contributed by atoms with Crippen LogP contribution in [-0.4, -0.2) is 46.9 Å². The summed E-state index contributed by atoms with van der Waals surface area (Å²) in [6.07, 6.45) is 13.9. The molecule has 0 saturated carbocycles. The van der Waals surface area contributed by atoms with Crippen molar-refractivity contribution in [2.45, 2.75) is 79.7 Å². The summed E-state index contributed by atoms with van der Waals surface area (Å²) in [5.41, 5.74) is 4.57. The van der Waals surface area contributed by atoms with Gasteiger partial charge in [0, 0.05) is 27.1 Å². The number of allylic oxidation sites excluding steroid dienone is 6. The van der Waals surface area contributed by atoms with E-state index < -0.39 is 0 Å². The molecular weight excluding hydrogens is 412 g/mol. The van der Waals surface area contributed by atoms with Crippen molar-refractivity contribution in [2.75, 3.05) is 25.7 Å². The van der Waals surface area contributed by atoms with Crippen LogP contribution in [0.2, 0.25) is 0 Å². The summed E-state index contributed by atoms with van der Waals surface area (Å²) in [6, 6.07) is 0. The first-order valence-corrected chi connectivity index (χ1v) is 12.1. The van der Waals surface area contributed by atoms with Crippen LogP contribution < -0.4 is 4.90 Å². The number of carbonyl (C=O) groups excluding carboxylic acids is 2. The van der Waals surface area contributed by atoms with Crippen molar-refractivity contribution < 1.29 is 9.59 Å². The summed E-state index contributed by atoms with van der Waals surface area (Å²) in [4.78, 5) is 32.6. The Morgan fingerprint density at radius 1 is 1.03 bits per heavy atom. The van der Waals surface area contributed by atoms with E-state index in [0.717, 1.165) is 37.9 Å². The van der Waals surface area contributed by atoms with Gasteiger partial charge in [-0.2, -0.15) is 0 Å². The van der Waals surface area contributed by atoms with E-state index >= 15 is 0 Å². The van der Waals surface area contributed by atoms with Crippen molar-refractivity contribution in [3.63, 3.8) is 0 Å². The van der Waals surface area contributed by atoms with Crippen LogP contribution in [-0.2, 0) is 11.3 Å². The molecule has 0 spiro atoms. The van der Waals surface area contributed by atoms with E-state index in [1.807, 2.05) is 29.6 Å². The zero-order valence-corrected chi connectivity index (χ0v) is 21.6. The third kappa shape index (κ3) is 8.34. The average Bonchev–Trinajstić information content (AvgIpc) is 3.14. The lowest BCUT2D eigenvalue weighted by molar-refractivity contribution is -0.115. The molecule has 6 heteroatoms. The summed E-state index contributed by atoms with van der Waals surface area (Å²) in [6.45, 7) is 11.8. The number of rotatable bonds is 12. The number of amides is 1. The van der Waals surface area contributed by atoms with Crippen LogP contribution >= 0.6 is 0 Å². The first-order chi connectivity index (χ1) is 15.6. The fourth-order valence-electron chi connectivity index (χ4n) is 4.10. The molecule has 0 bridgehead atoms. The number of aromatic nitrogens is 2. The summed E-state index contributed by atoms with van der Waals surface area (Å²) in [5, 5.41) is 0. The maximum Gasteiger partial charge on any atom is 0.275 e. The number of imidazole rings is 1. The largest absolute Gasteiger partial charge is 0.340 e. The molecule has 0 atom stereocenters. The van der Waals surface area contributed by atoms with Gasteiger partial charge in [-0.1, -0.05) is 42.7 Å². The Morgan fingerprint density at radius 2 is 1.70 bits per heavy atom. The Hall–Kier alpha value is -2.63. The number of hydrogen-bond donors (Lipinski definition) is 0. The third-order valence-corrected chi connectivity index (χ3v) is 5.98. The Bertz CT molecular complexity index is 921. The van der Waals surface area contributed by atoms with E-state index in [0.29, 0.717) is 31.2 Å². The lowest BCUT2D eigenvalue weighted by Crippen LogP contribution is -2.43. The van der Waals surface area contributed by atoms with Crippen LogP contribution in [0.4, 0.5) is 5.82 Å². The van der Waals surface area contributed by atoms with Gasteiger partial charge in [0.15, 0.2) is 17.3 Å². The first-order valence-electron chi connectivity index (χ1n) is 12.1. The number of ketones is 1. The van der Waals surface area contributed by atoms with E-state index in [-0.39, 0.29) is 11.7 Å². The molecule has 2 rings (SSSR count). The molecule has 33 heavy (non-hydrogen) atoms. The lowest BCUT2D eigenvalue weighted by atomic mass is 10.0. The van der Waals surface area contributed by atoms with Crippen LogP contribution in [0, 0.1) is 5.92 Å². The van der Waals surface area contributed by atoms with Crippen molar-refractivity contribution in [1.82, 2.24) is 14.5 Å².